The molecule has 0 spiro atoms. The second-order valence-electron chi connectivity index (χ2n) is 3.62. The first-order valence-corrected chi connectivity index (χ1v) is 5.04. The van der Waals surface area contributed by atoms with Gasteiger partial charge < -0.3 is 16.2 Å². The van der Waals surface area contributed by atoms with Crippen LogP contribution in [0.3, 0.4) is 0 Å². The average molecular weight is 226 g/mol. The van der Waals surface area contributed by atoms with Gasteiger partial charge in [0.25, 0.3) is 5.91 Å². The van der Waals surface area contributed by atoms with Gasteiger partial charge >= 0.3 is 0 Å². The van der Waals surface area contributed by atoms with E-state index in [9.17, 15) is 9.18 Å². The lowest BCUT2D eigenvalue weighted by Crippen LogP contribution is -2.34. The van der Waals surface area contributed by atoms with Crippen molar-refractivity contribution in [1.82, 2.24) is 5.32 Å². The molecule has 1 amide bonds. The van der Waals surface area contributed by atoms with Gasteiger partial charge in [-0.2, -0.15) is 0 Å². The Hall–Kier alpha value is -1.62. The van der Waals surface area contributed by atoms with Crippen molar-refractivity contribution in [2.24, 2.45) is 5.73 Å². The van der Waals surface area contributed by atoms with Crippen LogP contribution in [0, 0.1) is 5.82 Å². The molecule has 4 N–H and O–H groups in total. The van der Waals surface area contributed by atoms with E-state index in [4.69, 9.17) is 10.8 Å². The standard InChI is InChI=1S/C11H15FN2O2/c1-7(4-5-13)14-11(16)9-3-2-8(15)6-10(9)12/h2-3,6-7,15H,4-5,13H2,1H3,(H,14,16). The number of rotatable bonds is 4. The summed E-state index contributed by atoms with van der Waals surface area (Å²) in [6, 6.07) is 3.31. The number of nitrogens with two attached hydrogens (primary N) is 1. The van der Waals surface area contributed by atoms with E-state index in [1.165, 1.54) is 12.1 Å². The smallest absolute Gasteiger partial charge is 0.254 e. The van der Waals surface area contributed by atoms with Crippen LogP contribution in [0.4, 0.5) is 4.39 Å². The zero-order valence-electron chi connectivity index (χ0n) is 9.03. The first kappa shape index (κ1) is 12.4. The Labute approximate surface area is 93.3 Å². The zero-order valence-corrected chi connectivity index (χ0v) is 9.03. The number of hydrogen-bond donors (Lipinski definition) is 3. The third-order valence-corrected chi connectivity index (χ3v) is 2.17. The fourth-order valence-corrected chi connectivity index (χ4v) is 1.31. The van der Waals surface area contributed by atoms with Gasteiger partial charge in [-0.3, -0.25) is 4.79 Å². The first-order chi connectivity index (χ1) is 7.54. The summed E-state index contributed by atoms with van der Waals surface area (Å²) >= 11 is 0. The Morgan fingerprint density at radius 3 is 2.88 bits per heavy atom. The number of phenols is 1. The molecule has 0 saturated carbocycles. The molecular formula is C11H15FN2O2. The van der Waals surface area contributed by atoms with E-state index >= 15 is 0 Å². The highest BCUT2D eigenvalue weighted by Gasteiger charge is 2.13. The molecule has 1 unspecified atom stereocenters. The van der Waals surface area contributed by atoms with Crippen LogP contribution >= 0.6 is 0 Å². The van der Waals surface area contributed by atoms with Crippen LogP contribution in [0.2, 0.25) is 0 Å². The monoisotopic (exact) mass is 226 g/mol. The van der Waals surface area contributed by atoms with Gasteiger partial charge in [0.05, 0.1) is 5.56 Å². The number of nitrogens with one attached hydrogen (secondary N) is 1. The van der Waals surface area contributed by atoms with Gasteiger partial charge in [-0.25, -0.2) is 4.39 Å². The summed E-state index contributed by atoms with van der Waals surface area (Å²) in [6.07, 6.45) is 0.630. The van der Waals surface area contributed by atoms with E-state index < -0.39 is 11.7 Å². The molecule has 88 valence electrons. The quantitative estimate of drug-likeness (QED) is 0.717. The Morgan fingerprint density at radius 2 is 2.31 bits per heavy atom. The molecule has 0 radical (unpaired) electrons. The van der Waals surface area contributed by atoms with E-state index in [0.29, 0.717) is 13.0 Å². The molecule has 1 atom stereocenters. The SMILES string of the molecule is CC(CCN)NC(=O)c1ccc(O)cc1F. The van der Waals surface area contributed by atoms with Crippen molar-refractivity contribution in [3.05, 3.63) is 29.6 Å². The number of carbonyl (C=O) groups excluding carboxylic acids is 1. The summed E-state index contributed by atoms with van der Waals surface area (Å²) in [5.41, 5.74) is 5.25. The number of amides is 1. The van der Waals surface area contributed by atoms with Crippen LogP contribution in [-0.2, 0) is 0 Å². The second kappa shape index (κ2) is 5.46. The van der Waals surface area contributed by atoms with Gasteiger partial charge in [0.2, 0.25) is 0 Å². The van der Waals surface area contributed by atoms with Crippen LogP contribution in [0.5, 0.6) is 5.75 Å². The van der Waals surface area contributed by atoms with Crippen molar-refractivity contribution < 1.29 is 14.3 Å². The third kappa shape index (κ3) is 3.20. The number of hydrogen-bond acceptors (Lipinski definition) is 3. The predicted octanol–water partition coefficient (Wildman–Crippen LogP) is 0.998. The molecule has 16 heavy (non-hydrogen) atoms. The maximum atomic E-state index is 13.3. The molecule has 1 aromatic carbocycles. The van der Waals surface area contributed by atoms with E-state index in [-0.39, 0.29) is 17.4 Å². The lowest BCUT2D eigenvalue weighted by atomic mass is 10.1. The lowest BCUT2D eigenvalue weighted by Gasteiger charge is -2.12. The zero-order chi connectivity index (χ0) is 12.1. The molecule has 1 rings (SSSR count). The van der Waals surface area contributed by atoms with Gasteiger partial charge in [-0.15, -0.1) is 0 Å². The summed E-state index contributed by atoms with van der Waals surface area (Å²) < 4.78 is 13.3. The summed E-state index contributed by atoms with van der Waals surface area (Å²) in [5.74, 6) is -1.44. The van der Waals surface area contributed by atoms with Crippen LogP contribution in [0.25, 0.3) is 0 Å². The third-order valence-electron chi connectivity index (χ3n) is 2.17. The van der Waals surface area contributed by atoms with Crippen molar-refractivity contribution in [2.75, 3.05) is 6.54 Å². The molecule has 0 aliphatic rings. The van der Waals surface area contributed by atoms with Crippen LogP contribution < -0.4 is 11.1 Å². The normalized spacial score (nSPS) is 12.2. The first-order valence-electron chi connectivity index (χ1n) is 5.04. The van der Waals surface area contributed by atoms with Gasteiger partial charge in [0, 0.05) is 12.1 Å². The van der Waals surface area contributed by atoms with Crippen LogP contribution in [-0.4, -0.2) is 23.6 Å². The topological polar surface area (TPSA) is 75.3 Å². The summed E-state index contributed by atoms with van der Waals surface area (Å²) in [6.45, 7) is 2.25. The van der Waals surface area contributed by atoms with Gasteiger partial charge in [0.15, 0.2) is 0 Å². The van der Waals surface area contributed by atoms with E-state index in [1.807, 2.05) is 0 Å². The molecule has 5 heteroatoms. The van der Waals surface area contributed by atoms with Gasteiger partial charge in [0.1, 0.15) is 11.6 Å². The summed E-state index contributed by atoms with van der Waals surface area (Å²) in [7, 11) is 0. The van der Waals surface area contributed by atoms with E-state index in [0.717, 1.165) is 6.07 Å². The van der Waals surface area contributed by atoms with Crippen molar-refractivity contribution in [3.63, 3.8) is 0 Å². The van der Waals surface area contributed by atoms with Gasteiger partial charge in [-0.1, -0.05) is 0 Å². The average Bonchev–Trinajstić information content (AvgIpc) is 2.17. The summed E-state index contributed by atoms with van der Waals surface area (Å²) in [5, 5.41) is 11.6. The molecule has 0 aromatic heterocycles. The lowest BCUT2D eigenvalue weighted by molar-refractivity contribution is 0.0935. The molecule has 0 saturated heterocycles. The van der Waals surface area contributed by atoms with Gasteiger partial charge in [-0.05, 0) is 32.0 Å². The second-order valence-corrected chi connectivity index (χ2v) is 3.62. The largest absolute Gasteiger partial charge is 0.508 e. The number of benzene rings is 1. The fraction of sp³-hybridized carbons (Fsp3) is 0.364. The molecular weight excluding hydrogens is 211 g/mol. The number of aromatic hydroxyl groups is 1. The van der Waals surface area contributed by atoms with Crippen molar-refractivity contribution >= 4 is 5.91 Å². The number of phenolic OH excluding ortho intramolecular Hbond substituents is 1. The minimum atomic E-state index is -0.738. The van der Waals surface area contributed by atoms with Crippen molar-refractivity contribution in [3.8, 4) is 5.75 Å². The Balaban J connectivity index is 2.73. The molecule has 0 aliphatic heterocycles. The van der Waals surface area contributed by atoms with E-state index in [2.05, 4.69) is 5.32 Å². The van der Waals surface area contributed by atoms with Crippen LogP contribution in [0.15, 0.2) is 18.2 Å². The molecule has 4 nitrogen and oxygen atoms in total. The molecule has 0 fully saturated rings. The van der Waals surface area contributed by atoms with E-state index in [1.54, 1.807) is 6.92 Å². The highest BCUT2D eigenvalue weighted by Crippen LogP contribution is 2.14. The molecule has 1 aromatic rings. The molecule has 0 aliphatic carbocycles. The predicted molar refractivity (Wildman–Crippen MR) is 58.7 cm³/mol. The minimum Gasteiger partial charge on any atom is -0.508 e. The molecule has 0 heterocycles. The minimum absolute atomic E-state index is 0.0818. The maximum Gasteiger partial charge on any atom is 0.254 e. The highest BCUT2D eigenvalue weighted by molar-refractivity contribution is 5.94. The number of halogens is 1. The highest BCUT2D eigenvalue weighted by atomic mass is 19.1. The summed E-state index contributed by atoms with van der Waals surface area (Å²) in [4.78, 5) is 11.6. The Kier molecular flexibility index (Phi) is 4.25. The van der Waals surface area contributed by atoms with Crippen molar-refractivity contribution in [1.29, 1.82) is 0 Å². The van der Waals surface area contributed by atoms with Crippen LogP contribution in [0.1, 0.15) is 23.7 Å². The Morgan fingerprint density at radius 1 is 1.62 bits per heavy atom. The van der Waals surface area contributed by atoms with Crippen molar-refractivity contribution in [2.45, 2.75) is 19.4 Å². The number of carbonyl (C=O) groups is 1. The molecule has 0 bridgehead atoms. The fourth-order valence-electron chi connectivity index (χ4n) is 1.31. The maximum absolute atomic E-state index is 13.3. The Bertz CT molecular complexity index is 382.